The van der Waals surface area contributed by atoms with Gasteiger partial charge < -0.3 is 15.1 Å². The van der Waals surface area contributed by atoms with Crippen molar-refractivity contribution in [3.63, 3.8) is 0 Å². The van der Waals surface area contributed by atoms with Crippen molar-refractivity contribution in [2.24, 2.45) is 11.8 Å². The molecule has 2 aromatic carbocycles. The van der Waals surface area contributed by atoms with E-state index in [1.807, 2.05) is 41.3 Å². The molecule has 28 heavy (non-hydrogen) atoms. The summed E-state index contributed by atoms with van der Waals surface area (Å²) < 4.78 is 0. The van der Waals surface area contributed by atoms with E-state index in [0.717, 1.165) is 32.6 Å². The van der Waals surface area contributed by atoms with E-state index in [-0.39, 0.29) is 23.7 Å². The second-order valence-corrected chi connectivity index (χ2v) is 7.62. The summed E-state index contributed by atoms with van der Waals surface area (Å²) >= 11 is 0. The Morgan fingerprint density at radius 1 is 0.857 bits per heavy atom. The van der Waals surface area contributed by atoms with Gasteiger partial charge in [0.05, 0.1) is 11.8 Å². The number of rotatable bonds is 6. The summed E-state index contributed by atoms with van der Waals surface area (Å²) in [5.41, 5.74) is 2.42. The molecule has 2 atom stereocenters. The second kappa shape index (κ2) is 8.46. The van der Waals surface area contributed by atoms with E-state index in [0.29, 0.717) is 13.0 Å². The zero-order chi connectivity index (χ0) is 19.3. The van der Waals surface area contributed by atoms with Gasteiger partial charge in [-0.3, -0.25) is 9.59 Å². The molecule has 2 aromatic rings. The molecule has 1 saturated heterocycles. The number of hydrogen-bond donors (Lipinski definition) is 1. The Labute approximate surface area is 166 Å². The van der Waals surface area contributed by atoms with Crippen LogP contribution < -0.4 is 10.2 Å². The summed E-state index contributed by atoms with van der Waals surface area (Å²) in [4.78, 5) is 29.3. The van der Waals surface area contributed by atoms with Crippen molar-refractivity contribution in [3.8, 4) is 0 Å². The highest BCUT2D eigenvalue weighted by Gasteiger charge is 2.49. The standard InChI is InChI=1S/C23H27N3O2/c27-22(24-12-11-18-7-3-1-4-8-18)20-17-21(20)23(28)26-15-13-25(14-16-26)19-9-5-2-6-10-19/h1-10,20-21H,11-17H2,(H,24,27). The molecule has 4 rings (SSSR count). The van der Waals surface area contributed by atoms with Gasteiger partial charge in [-0.2, -0.15) is 0 Å². The van der Waals surface area contributed by atoms with Crippen LogP contribution >= 0.6 is 0 Å². The normalized spacial score (nSPS) is 21.3. The molecule has 1 N–H and O–H groups in total. The fraction of sp³-hybridized carbons (Fsp3) is 0.391. The Morgan fingerprint density at radius 3 is 2.18 bits per heavy atom. The van der Waals surface area contributed by atoms with E-state index in [4.69, 9.17) is 0 Å². The summed E-state index contributed by atoms with van der Waals surface area (Å²) in [6.07, 6.45) is 1.51. The van der Waals surface area contributed by atoms with Crippen LogP contribution in [-0.4, -0.2) is 49.4 Å². The maximum atomic E-state index is 12.7. The molecule has 5 heteroatoms. The van der Waals surface area contributed by atoms with Gasteiger partial charge in [0, 0.05) is 38.4 Å². The van der Waals surface area contributed by atoms with E-state index < -0.39 is 0 Å². The molecule has 0 aromatic heterocycles. The van der Waals surface area contributed by atoms with Crippen LogP contribution in [0.25, 0.3) is 0 Å². The average Bonchev–Trinajstić information content (AvgIpc) is 3.56. The average molecular weight is 377 g/mol. The van der Waals surface area contributed by atoms with Gasteiger partial charge in [-0.1, -0.05) is 48.5 Å². The third-order valence-corrected chi connectivity index (χ3v) is 5.71. The molecule has 0 bridgehead atoms. The Bertz CT molecular complexity index is 801. The van der Waals surface area contributed by atoms with Crippen molar-refractivity contribution in [1.82, 2.24) is 10.2 Å². The molecule has 0 spiro atoms. The third-order valence-electron chi connectivity index (χ3n) is 5.71. The van der Waals surface area contributed by atoms with Gasteiger partial charge in [0.25, 0.3) is 0 Å². The highest BCUT2D eigenvalue weighted by atomic mass is 16.2. The number of anilines is 1. The highest BCUT2D eigenvalue weighted by Crippen LogP contribution is 2.40. The van der Waals surface area contributed by atoms with E-state index in [1.54, 1.807) is 0 Å². The molecule has 5 nitrogen and oxygen atoms in total. The van der Waals surface area contributed by atoms with Gasteiger partial charge in [0.15, 0.2) is 0 Å². The number of amides is 2. The molecule has 0 radical (unpaired) electrons. The first kappa shape index (κ1) is 18.5. The molecule has 1 heterocycles. The van der Waals surface area contributed by atoms with E-state index >= 15 is 0 Å². The number of nitrogens with one attached hydrogen (secondary N) is 1. The molecule has 1 aliphatic carbocycles. The zero-order valence-electron chi connectivity index (χ0n) is 16.1. The monoisotopic (exact) mass is 377 g/mol. The van der Waals surface area contributed by atoms with Crippen LogP contribution in [-0.2, 0) is 16.0 Å². The fourth-order valence-electron chi connectivity index (χ4n) is 3.92. The first-order valence-corrected chi connectivity index (χ1v) is 10.1. The van der Waals surface area contributed by atoms with Gasteiger partial charge >= 0.3 is 0 Å². The summed E-state index contributed by atoms with van der Waals surface area (Å²) in [6, 6.07) is 20.4. The quantitative estimate of drug-likeness (QED) is 0.841. The van der Waals surface area contributed by atoms with E-state index in [2.05, 4.69) is 34.5 Å². The first-order chi connectivity index (χ1) is 13.7. The van der Waals surface area contributed by atoms with Crippen LogP contribution in [0.15, 0.2) is 60.7 Å². The highest BCUT2D eigenvalue weighted by molar-refractivity contribution is 5.92. The number of nitrogens with zero attached hydrogens (tertiary/aromatic N) is 2. The topological polar surface area (TPSA) is 52.7 Å². The SMILES string of the molecule is O=C(NCCc1ccccc1)C1CC1C(=O)N1CCN(c2ccccc2)CC1. The Hall–Kier alpha value is -2.82. The number of benzene rings is 2. The largest absolute Gasteiger partial charge is 0.368 e. The Balaban J connectivity index is 1.20. The van der Waals surface area contributed by atoms with Crippen molar-refractivity contribution in [1.29, 1.82) is 0 Å². The maximum Gasteiger partial charge on any atom is 0.226 e. The van der Waals surface area contributed by atoms with Crippen molar-refractivity contribution < 1.29 is 9.59 Å². The fourth-order valence-corrected chi connectivity index (χ4v) is 3.92. The first-order valence-electron chi connectivity index (χ1n) is 10.1. The van der Waals surface area contributed by atoms with Gasteiger partial charge in [0.2, 0.25) is 11.8 Å². The van der Waals surface area contributed by atoms with Crippen molar-refractivity contribution in [3.05, 3.63) is 66.2 Å². The lowest BCUT2D eigenvalue weighted by Gasteiger charge is -2.36. The summed E-state index contributed by atoms with van der Waals surface area (Å²) in [5, 5.41) is 2.99. The number of carbonyl (C=O) groups excluding carboxylic acids is 2. The van der Waals surface area contributed by atoms with E-state index in [1.165, 1.54) is 11.3 Å². The van der Waals surface area contributed by atoms with Crippen molar-refractivity contribution in [2.75, 3.05) is 37.6 Å². The molecule has 146 valence electrons. The zero-order valence-corrected chi connectivity index (χ0v) is 16.1. The lowest BCUT2D eigenvalue weighted by molar-refractivity contribution is -0.135. The summed E-state index contributed by atoms with van der Waals surface area (Å²) in [6.45, 7) is 3.77. The second-order valence-electron chi connectivity index (χ2n) is 7.62. The number of piperazine rings is 1. The van der Waals surface area contributed by atoms with Crippen LogP contribution in [0.5, 0.6) is 0 Å². The molecule has 2 aliphatic rings. The van der Waals surface area contributed by atoms with Gasteiger partial charge in [-0.15, -0.1) is 0 Å². The van der Waals surface area contributed by atoms with Crippen LogP contribution in [0.1, 0.15) is 12.0 Å². The van der Waals surface area contributed by atoms with Crippen molar-refractivity contribution >= 4 is 17.5 Å². The Morgan fingerprint density at radius 2 is 1.50 bits per heavy atom. The predicted molar refractivity (Wildman–Crippen MR) is 110 cm³/mol. The minimum absolute atomic E-state index is 0.0252. The van der Waals surface area contributed by atoms with Gasteiger partial charge in [-0.05, 0) is 30.5 Å². The number of para-hydroxylation sites is 1. The minimum Gasteiger partial charge on any atom is -0.368 e. The molecular formula is C23H27N3O2. The van der Waals surface area contributed by atoms with Crippen molar-refractivity contribution in [2.45, 2.75) is 12.8 Å². The molecular weight excluding hydrogens is 350 g/mol. The van der Waals surface area contributed by atoms with Crippen LogP contribution in [0, 0.1) is 11.8 Å². The molecule has 1 saturated carbocycles. The predicted octanol–water partition coefficient (Wildman–Crippen LogP) is 2.33. The molecule has 2 unspecified atom stereocenters. The minimum atomic E-state index is -0.143. The lowest BCUT2D eigenvalue weighted by atomic mass is 10.1. The van der Waals surface area contributed by atoms with Crippen LogP contribution in [0.2, 0.25) is 0 Å². The Kier molecular flexibility index (Phi) is 5.60. The summed E-state index contributed by atoms with van der Waals surface area (Å²) in [5.74, 6) is -0.0939. The molecule has 1 aliphatic heterocycles. The molecule has 2 amide bonds. The summed E-state index contributed by atoms with van der Waals surface area (Å²) in [7, 11) is 0. The van der Waals surface area contributed by atoms with Crippen LogP contribution in [0.4, 0.5) is 5.69 Å². The molecule has 2 fully saturated rings. The van der Waals surface area contributed by atoms with E-state index in [9.17, 15) is 9.59 Å². The smallest absolute Gasteiger partial charge is 0.226 e. The number of carbonyl (C=O) groups is 2. The van der Waals surface area contributed by atoms with Gasteiger partial charge in [-0.25, -0.2) is 0 Å². The lowest BCUT2D eigenvalue weighted by Crippen LogP contribution is -2.49. The third kappa shape index (κ3) is 4.35. The van der Waals surface area contributed by atoms with Crippen LogP contribution in [0.3, 0.4) is 0 Å². The van der Waals surface area contributed by atoms with Gasteiger partial charge in [0.1, 0.15) is 0 Å². The maximum absolute atomic E-state index is 12.7. The number of hydrogen-bond acceptors (Lipinski definition) is 3.